The van der Waals surface area contributed by atoms with E-state index in [1.54, 1.807) is 0 Å². The summed E-state index contributed by atoms with van der Waals surface area (Å²) >= 11 is 0. The zero-order valence-electron chi connectivity index (χ0n) is 10.4. The standard InChI is InChI=1S/C11H21NO4/c1-11(2,3)6-5-9(13)12-8(7-16-4)10(14)15/h8H,5-7H2,1-4H3,(H,12,13)(H,14,15). The summed E-state index contributed by atoms with van der Waals surface area (Å²) in [5.74, 6) is -1.33. The number of carbonyl (C=O) groups excluding carboxylic acids is 1. The fourth-order valence-electron chi connectivity index (χ4n) is 1.10. The maximum absolute atomic E-state index is 11.4. The van der Waals surface area contributed by atoms with Gasteiger partial charge in [-0.1, -0.05) is 20.8 Å². The molecule has 1 amide bonds. The first-order valence-corrected chi connectivity index (χ1v) is 5.27. The average Bonchev–Trinajstić information content (AvgIpc) is 2.13. The fourth-order valence-corrected chi connectivity index (χ4v) is 1.10. The lowest BCUT2D eigenvalue weighted by Gasteiger charge is -2.18. The fraction of sp³-hybridized carbons (Fsp3) is 0.818. The molecule has 16 heavy (non-hydrogen) atoms. The van der Waals surface area contributed by atoms with Crippen molar-refractivity contribution in [1.29, 1.82) is 0 Å². The lowest BCUT2D eigenvalue weighted by atomic mass is 9.90. The van der Waals surface area contributed by atoms with E-state index in [1.807, 2.05) is 20.8 Å². The van der Waals surface area contributed by atoms with Crippen molar-refractivity contribution in [2.24, 2.45) is 5.41 Å². The van der Waals surface area contributed by atoms with E-state index < -0.39 is 12.0 Å². The van der Waals surface area contributed by atoms with Crippen LogP contribution in [-0.2, 0) is 14.3 Å². The SMILES string of the molecule is COCC(NC(=O)CCC(C)(C)C)C(=O)O. The van der Waals surface area contributed by atoms with Crippen molar-refractivity contribution in [2.75, 3.05) is 13.7 Å². The monoisotopic (exact) mass is 231 g/mol. The van der Waals surface area contributed by atoms with Crippen molar-refractivity contribution in [1.82, 2.24) is 5.32 Å². The molecule has 0 bridgehead atoms. The highest BCUT2D eigenvalue weighted by atomic mass is 16.5. The Bertz CT molecular complexity index is 245. The molecule has 0 aromatic heterocycles. The van der Waals surface area contributed by atoms with Gasteiger partial charge in [0, 0.05) is 13.5 Å². The summed E-state index contributed by atoms with van der Waals surface area (Å²) in [5.41, 5.74) is 0.0668. The van der Waals surface area contributed by atoms with Gasteiger partial charge in [0.15, 0.2) is 6.04 Å². The molecule has 0 fully saturated rings. The third-order valence-electron chi connectivity index (χ3n) is 2.07. The Balaban J connectivity index is 4.05. The van der Waals surface area contributed by atoms with Crippen LogP contribution < -0.4 is 5.32 Å². The van der Waals surface area contributed by atoms with Gasteiger partial charge in [0.1, 0.15) is 0 Å². The van der Waals surface area contributed by atoms with Crippen LogP contribution in [0.2, 0.25) is 0 Å². The Hall–Kier alpha value is -1.10. The minimum Gasteiger partial charge on any atom is -0.480 e. The summed E-state index contributed by atoms with van der Waals surface area (Å²) in [6.45, 7) is 6.08. The van der Waals surface area contributed by atoms with E-state index in [0.29, 0.717) is 6.42 Å². The minimum atomic E-state index is -1.08. The summed E-state index contributed by atoms with van der Waals surface area (Å²) in [6.07, 6.45) is 1.05. The molecule has 0 aliphatic rings. The maximum Gasteiger partial charge on any atom is 0.328 e. The van der Waals surface area contributed by atoms with Crippen molar-refractivity contribution in [3.8, 4) is 0 Å². The predicted octanol–water partition coefficient (Wildman–Crippen LogP) is 1.03. The largest absolute Gasteiger partial charge is 0.480 e. The molecule has 0 saturated carbocycles. The number of methoxy groups -OCH3 is 1. The first-order valence-electron chi connectivity index (χ1n) is 5.27. The normalized spacial score (nSPS) is 13.2. The number of carboxylic acid groups (broad SMARTS) is 1. The molecule has 1 unspecified atom stereocenters. The van der Waals surface area contributed by atoms with E-state index in [1.165, 1.54) is 7.11 Å². The Kier molecular flexibility index (Phi) is 6.03. The van der Waals surface area contributed by atoms with Gasteiger partial charge < -0.3 is 15.2 Å². The summed E-state index contributed by atoms with van der Waals surface area (Å²) < 4.78 is 4.72. The van der Waals surface area contributed by atoms with Crippen LogP contribution in [0.3, 0.4) is 0 Å². The number of carboxylic acids is 1. The Morgan fingerprint density at radius 1 is 1.38 bits per heavy atom. The van der Waals surface area contributed by atoms with E-state index in [-0.39, 0.29) is 17.9 Å². The Morgan fingerprint density at radius 3 is 2.31 bits per heavy atom. The van der Waals surface area contributed by atoms with Gasteiger partial charge in [-0.25, -0.2) is 4.79 Å². The summed E-state index contributed by atoms with van der Waals surface area (Å²) in [6, 6.07) is -0.961. The van der Waals surface area contributed by atoms with E-state index in [4.69, 9.17) is 9.84 Å². The molecule has 0 radical (unpaired) electrons. The molecule has 0 aliphatic heterocycles. The minimum absolute atomic E-state index is 0.0173. The molecule has 0 aromatic carbocycles. The number of aliphatic carboxylic acids is 1. The molecule has 1 atom stereocenters. The molecule has 5 nitrogen and oxygen atoms in total. The second-order valence-corrected chi connectivity index (χ2v) is 4.97. The van der Waals surface area contributed by atoms with Crippen LogP contribution in [-0.4, -0.2) is 36.7 Å². The Morgan fingerprint density at radius 2 is 1.94 bits per heavy atom. The van der Waals surface area contributed by atoms with Crippen molar-refractivity contribution in [3.63, 3.8) is 0 Å². The summed E-state index contributed by atoms with van der Waals surface area (Å²) in [4.78, 5) is 22.2. The number of ether oxygens (including phenoxy) is 1. The molecule has 0 spiro atoms. The molecule has 0 aliphatic carbocycles. The summed E-state index contributed by atoms with van der Waals surface area (Å²) in [5, 5.41) is 11.2. The number of rotatable bonds is 6. The zero-order chi connectivity index (χ0) is 12.8. The molecular weight excluding hydrogens is 210 g/mol. The summed E-state index contributed by atoms with van der Waals surface area (Å²) in [7, 11) is 1.40. The van der Waals surface area contributed by atoms with Gasteiger partial charge in [-0.15, -0.1) is 0 Å². The van der Waals surface area contributed by atoms with Gasteiger partial charge in [0.2, 0.25) is 5.91 Å². The van der Waals surface area contributed by atoms with Crippen molar-refractivity contribution < 1.29 is 19.4 Å². The molecule has 0 saturated heterocycles. The number of nitrogens with one attached hydrogen (secondary N) is 1. The number of amides is 1. The third kappa shape index (κ3) is 7.23. The van der Waals surface area contributed by atoms with Crippen LogP contribution in [0.5, 0.6) is 0 Å². The van der Waals surface area contributed by atoms with Crippen LogP contribution in [0.25, 0.3) is 0 Å². The van der Waals surface area contributed by atoms with Crippen molar-refractivity contribution >= 4 is 11.9 Å². The molecular formula is C11H21NO4. The van der Waals surface area contributed by atoms with E-state index in [9.17, 15) is 9.59 Å². The van der Waals surface area contributed by atoms with Gasteiger partial charge in [-0.2, -0.15) is 0 Å². The average molecular weight is 231 g/mol. The van der Waals surface area contributed by atoms with Crippen LogP contribution in [0.1, 0.15) is 33.6 Å². The Labute approximate surface area is 96.2 Å². The number of hydrogen-bond donors (Lipinski definition) is 2. The molecule has 2 N–H and O–H groups in total. The zero-order valence-corrected chi connectivity index (χ0v) is 10.4. The number of hydrogen-bond acceptors (Lipinski definition) is 3. The molecule has 0 heterocycles. The van der Waals surface area contributed by atoms with Gasteiger partial charge in [0.25, 0.3) is 0 Å². The van der Waals surface area contributed by atoms with Gasteiger partial charge >= 0.3 is 5.97 Å². The first kappa shape index (κ1) is 14.9. The second kappa shape index (κ2) is 6.48. The maximum atomic E-state index is 11.4. The van der Waals surface area contributed by atoms with Crippen molar-refractivity contribution in [3.05, 3.63) is 0 Å². The van der Waals surface area contributed by atoms with Crippen LogP contribution in [0.4, 0.5) is 0 Å². The highest BCUT2D eigenvalue weighted by Gasteiger charge is 2.20. The predicted molar refractivity (Wildman–Crippen MR) is 60.1 cm³/mol. The van der Waals surface area contributed by atoms with Gasteiger partial charge in [-0.05, 0) is 11.8 Å². The highest BCUT2D eigenvalue weighted by molar-refractivity contribution is 5.83. The van der Waals surface area contributed by atoms with Crippen LogP contribution in [0.15, 0.2) is 0 Å². The molecule has 0 rings (SSSR count). The van der Waals surface area contributed by atoms with Crippen LogP contribution in [0, 0.1) is 5.41 Å². The lowest BCUT2D eigenvalue weighted by molar-refractivity contribution is -0.143. The van der Waals surface area contributed by atoms with Gasteiger partial charge in [-0.3, -0.25) is 4.79 Å². The van der Waals surface area contributed by atoms with Gasteiger partial charge in [0.05, 0.1) is 6.61 Å². The van der Waals surface area contributed by atoms with E-state index >= 15 is 0 Å². The number of carbonyl (C=O) groups is 2. The smallest absolute Gasteiger partial charge is 0.328 e. The second-order valence-electron chi connectivity index (χ2n) is 4.97. The lowest BCUT2D eigenvalue weighted by Crippen LogP contribution is -2.43. The third-order valence-corrected chi connectivity index (χ3v) is 2.07. The van der Waals surface area contributed by atoms with Crippen molar-refractivity contribution in [2.45, 2.75) is 39.7 Å². The molecule has 94 valence electrons. The first-order chi connectivity index (χ1) is 7.26. The molecule has 0 aromatic rings. The van der Waals surface area contributed by atoms with E-state index in [0.717, 1.165) is 6.42 Å². The van der Waals surface area contributed by atoms with Crippen LogP contribution >= 0.6 is 0 Å². The highest BCUT2D eigenvalue weighted by Crippen LogP contribution is 2.20. The van der Waals surface area contributed by atoms with E-state index in [2.05, 4.69) is 5.32 Å². The quantitative estimate of drug-likeness (QED) is 0.716. The molecule has 5 heteroatoms. The topological polar surface area (TPSA) is 75.6 Å².